The monoisotopic (exact) mass is 392 g/mol. The average Bonchev–Trinajstić information content (AvgIpc) is 2.69. The molecule has 0 spiro atoms. The van der Waals surface area contributed by atoms with Gasteiger partial charge in [0.2, 0.25) is 0 Å². The molecule has 0 saturated heterocycles. The summed E-state index contributed by atoms with van der Waals surface area (Å²) in [7, 11) is 0. The maximum atomic E-state index is 13.1. The van der Waals surface area contributed by atoms with Crippen molar-refractivity contribution in [1.82, 2.24) is 5.43 Å². The second-order valence-electron chi connectivity index (χ2n) is 5.38. The van der Waals surface area contributed by atoms with Crippen LogP contribution in [-0.4, -0.2) is 18.1 Å². The van der Waals surface area contributed by atoms with Crippen molar-refractivity contribution in [2.45, 2.75) is 6.18 Å². The molecule has 0 atom stereocenters. The summed E-state index contributed by atoms with van der Waals surface area (Å²) in [5, 5.41) is 0. The van der Waals surface area contributed by atoms with Gasteiger partial charge in [0.25, 0.3) is 0 Å². The molecule has 10 heteroatoms. The molecule has 7 nitrogen and oxygen atoms in total. The standard InChI is InChI=1S/C18H15F3N4O3/c19-18(20,21)13-6-12(7-14(8-13)24-10-25-22)16(26)9-15(17(27)28-23)11-4-2-1-3-5-11/h1-10H,22-23H2,(H,24,25). The molecule has 2 aromatic carbocycles. The first-order chi connectivity index (χ1) is 13.3. The fraction of sp³-hybridized carbons (Fsp3) is 0.0556. The van der Waals surface area contributed by atoms with E-state index in [-0.39, 0.29) is 16.8 Å². The summed E-state index contributed by atoms with van der Waals surface area (Å²) in [5.41, 5.74) is 0.574. The van der Waals surface area contributed by atoms with Crippen molar-refractivity contribution in [2.75, 3.05) is 0 Å². The molecular formula is C18H15F3N4O3. The van der Waals surface area contributed by atoms with Crippen LogP contribution in [0.5, 0.6) is 0 Å². The Morgan fingerprint density at radius 3 is 2.32 bits per heavy atom. The van der Waals surface area contributed by atoms with Gasteiger partial charge in [-0.25, -0.2) is 15.6 Å². The summed E-state index contributed by atoms with van der Waals surface area (Å²) in [6.45, 7) is 0. The molecule has 0 aliphatic rings. The minimum atomic E-state index is -4.71. The van der Waals surface area contributed by atoms with Gasteiger partial charge in [-0.1, -0.05) is 30.3 Å². The number of ketones is 1. The molecule has 146 valence electrons. The van der Waals surface area contributed by atoms with Gasteiger partial charge in [-0.3, -0.25) is 4.79 Å². The quantitative estimate of drug-likeness (QED) is 0.174. The highest BCUT2D eigenvalue weighted by Gasteiger charge is 2.31. The third-order valence-corrected chi connectivity index (χ3v) is 3.50. The number of nitrogens with two attached hydrogens (primary N) is 2. The normalized spacial score (nSPS) is 12.1. The fourth-order valence-electron chi connectivity index (χ4n) is 2.26. The summed E-state index contributed by atoms with van der Waals surface area (Å²) in [6, 6.07) is 10.5. The summed E-state index contributed by atoms with van der Waals surface area (Å²) >= 11 is 0. The number of aliphatic imine (C=N–C) groups is 1. The molecule has 0 radical (unpaired) electrons. The molecule has 0 fully saturated rings. The van der Waals surface area contributed by atoms with E-state index in [1.807, 2.05) is 0 Å². The Morgan fingerprint density at radius 1 is 1.07 bits per heavy atom. The van der Waals surface area contributed by atoms with Crippen LogP contribution in [-0.2, 0) is 15.8 Å². The van der Waals surface area contributed by atoms with Crippen molar-refractivity contribution in [3.8, 4) is 0 Å². The minimum Gasteiger partial charge on any atom is -0.370 e. The number of carbonyl (C=O) groups excluding carboxylic acids is 2. The lowest BCUT2D eigenvalue weighted by molar-refractivity contribution is -0.138. The molecule has 0 amide bonds. The lowest BCUT2D eigenvalue weighted by atomic mass is 10.00. The van der Waals surface area contributed by atoms with E-state index in [1.165, 1.54) is 12.1 Å². The van der Waals surface area contributed by atoms with Crippen molar-refractivity contribution in [2.24, 2.45) is 16.7 Å². The zero-order valence-electron chi connectivity index (χ0n) is 14.2. The molecule has 0 aliphatic heterocycles. The number of nitrogens with zero attached hydrogens (tertiary/aromatic N) is 1. The summed E-state index contributed by atoms with van der Waals surface area (Å²) < 4.78 is 39.4. The predicted molar refractivity (Wildman–Crippen MR) is 95.9 cm³/mol. The number of halogens is 3. The van der Waals surface area contributed by atoms with Crippen molar-refractivity contribution < 1.29 is 27.6 Å². The molecule has 28 heavy (non-hydrogen) atoms. The first kappa shape index (κ1) is 20.8. The second-order valence-corrected chi connectivity index (χ2v) is 5.38. The molecule has 5 N–H and O–H groups in total. The van der Waals surface area contributed by atoms with Crippen molar-refractivity contribution in [3.05, 3.63) is 71.3 Å². The molecule has 0 bridgehead atoms. The summed E-state index contributed by atoms with van der Waals surface area (Å²) in [4.78, 5) is 32.3. The molecule has 0 saturated carbocycles. The molecule has 0 unspecified atom stereocenters. The van der Waals surface area contributed by atoms with E-state index in [0.29, 0.717) is 11.6 Å². The Kier molecular flexibility index (Phi) is 6.64. The lowest BCUT2D eigenvalue weighted by Gasteiger charge is -2.10. The van der Waals surface area contributed by atoms with Gasteiger partial charge < -0.3 is 10.3 Å². The van der Waals surface area contributed by atoms with E-state index in [9.17, 15) is 22.8 Å². The van der Waals surface area contributed by atoms with Crippen LogP contribution in [0.3, 0.4) is 0 Å². The maximum absolute atomic E-state index is 13.1. The zero-order valence-corrected chi connectivity index (χ0v) is 14.2. The van der Waals surface area contributed by atoms with Gasteiger partial charge in [-0.05, 0) is 23.8 Å². The average molecular weight is 392 g/mol. The van der Waals surface area contributed by atoms with Crippen LogP contribution in [0.4, 0.5) is 18.9 Å². The van der Waals surface area contributed by atoms with E-state index in [2.05, 4.69) is 15.3 Å². The molecule has 0 heterocycles. The van der Waals surface area contributed by atoms with Gasteiger partial charge in [0.1, 0.15) is 6.34 Å². The van der Waals surface area contributed by atoms with Crippen molar-refractivity contribution in [3.63, 3.8) is 0 Å². The Balaban J connectivity index is 2.55. The van der Waals surface area contributed by atoms with Crippen LogP contribution in [0, 0.1) is 0 Å². The highest BCUT2D eigenvalue weighted by molar-refractivity contribution is 6.23. The molecular weight excluding hydrogens is 377 g/mol. The topological polar surface area (TPSA) is 120 Å². The number of rotatable bonds is 6. The highest BCUT2D eigenvalue weighted by Crippen LogP contribution is 2.33. The number of carbonyl (C=O) groups is 2. The fourth-order valence-corrected chi connectivity index (χ4v) is 2.26. The lowest BCUT2D eigenvalue weighted by Crippen LogP contribution is -2.18. The van der Waals surface area contributed by atoms with Crippen LogP contribution in [0.25, 0.3) is 5.57 Å². The van der Waals surface area contributed by atoms with E-state index >= 15 is 0 Å². The van der Waals surface area contributed by atoms with Gasteiger partial charge in [0, 0.05) is 11.6 Å². The molecule has 0 aromatic heterocycles. The van der Waals surface area contributed by atoms with Gasteiger partial charge in [-0.2, -0.15) is 19.1 Å². The van der Waals surface area contributed by atoms with Gasteiger partial charge >= 0.3 is 12.1 Å². The number of alkyl halides is 3. The summed E-state index contributed by atoms with van der Waals surface area (Å²) in [6.07, 6.45) is -2.89. The number of allylic oxidation sites excluding steroid dienone is 1. The molecule has 0 aliphatic carbocycles. The van der Waals surface area contributed by atoms with Crippen LogP contribution in [0.15, 0.2) is 59.6 Å². The SMILES string of the molecule is NNC=Nc1cc(C(=O)C=C(C(=O)ON)c2ccccc2)cc(C(F)(F)F)c1. The predicted octanol–water partition coefficient (Wildman–Crippen LogP) is 2.51. The third kappa shape index (κ3) is 5.25. The second kappa shape index (κ2) is 8.93. The van der Waals surface area contributed by atoms with Crippen LogP contribution in [0.2, 0.25) is 0 Å². The van der Waals surface area contributed by atoms with E-state index < -0.39 is 23.5 Å². The summed E-state index contributed by atoms with van der Waals surface area (Å²) in [5.74, 6) is 8.03. The van der Waals surface area contributed by atoms with Crippen molar-refractivity contribution >= 4 is 29.4 Å². The van der Waals surface area contributed by atoms with E-state index in [1.54, 1.807) is 18.2 Å². The number of hydrazine groups is 1. The maximum Gasteiger partial charge on any atom is 0.416 e. The van der Waals surface area contributed by atoms with Crippen LogP contribution in [0.1, 0.15) is 21.5 Å². The van der Waals surface area contributed by atoms with Crippen molar-refractivity contribution in [1.29, 1.82) is 0 Å². The van der Waals surface area contributed by atoms with E-state index in [0.717, 1.165) is 24.5 Å². The minimum absolute atomic E-state index is 0.160. The number of hydrogen-bond acceptors (Lipinski definition) is 6. The molecule has 2 rings (SSSR count). The first-order valence-corrected chi connectivity index (χ1v) is 7.69. The number of benzene rings is 2. The Labute approximate surface area is 157 Å². The Bertz CT molecular complexity index is 925. The van der Waals surface area contributed by atoms with E-state index in [4.69, 9.17) is 11.7 Å². The number of nitrogens with one attached hydrogen (secondary N) is 1. The van der Waals surface area contributed by atoms with Crippen LogP contribution >= 0.6 is 0 Å². The zero-order chi connectivity index (χ0) is 20.7. The third-order valence-electron chi connectivity index (χ3n) is 3.50. The largest absolute Gasteiger partial charge is 0.416 e. The Hall–Kier alpha value is -3.50. The van der Waals surface area contributed by atoms with Gasteiger partial charge in [0.05, 0.1) is 16.8 Å². The Morgan fingerprint density at radius 2 is 1.75 bits per heavy atom. The first-order valence-electron chi connectivity index (χ1n) is 7.69. The highest BCUT2D eigenvalue weighted by atomic mass is 19.4. The number of hydrogen-bond donors (Lipinski definition) is 3. The van der Waals surface area contributed by atoms with Crippen LogP contribution < -0.4 is 17.2 Å². The van der Waals surface area contributed by atoms with Gasteiger partial charge in [-0.15, -0.1) is 0 Å². The smallest absolute Gasteiger partial charge is 0.370 e. The van der Waals surface area contributed by atoms with Gasteiger partial charge in [0.15, 0.2) is 5.78 Å². The molecule has 2 aromatic rings.